The van der Waals surface area contributed by atoms with Gasteiger partial charge in [-0.05, 0) is 30.7 Å². The Morgan fingerprint density at radius 3 is 2.29 bits per heavy atom. The van der Waals surface area contributed by atoms with Crippen molar-refractivity contribution in [1.82, 2.24) is 0 Å². The maximum atomic E-state index is 11.7. The Morgan fingerprint density at radius 2 is 1.82 bits per heavy atom. The topological polar surface area (TPSA) is 57.6 Å². The van der Waals surface area contributed by atoms with Gasteiger partial charge in [-0.25, -0.2) is 9.69 Å². The summed E-state index contributed by atoms with van der Waals surface area (Å²) in [7, 11) is 0. The number of anilines is 1. The molecule has 0 spiro atoms. The lowest BCUT2D eigenvalue weighted by atomic mass is 10.2. The highest BCUT2D eigenvalue weighted by molar-refractivity contribution is 9.10. The molecule has 6 heteroatoms. The number of hydrogen-bond donors (Lipinski definition) is 1. The summed E-state index contributed by atoms with van der Waals surface area (Å²) in [4.78, 5) is 23.6. The number of amides is 2. The van der Waals surface area contributed by atoms with Crippen LogP contribution in [0.3, 0.4) is 0 Å². The van der Waals surface area contributed by atoms with Gasteiger partial charge >= 0.3 is 6.09 Å². The second-order valence-corrected chi connectivity index (χ2v) is 4.99. The highest BCUT2D eigenvalue weighted by Crippen LogP contribution is 2.19. The highest BCUT2D eigenvalue weighted by Gasteiger charge is 2.21. The van der Waals surface area contributed by atoms with Gasteiger partial charge in [0.2, 0.25) is 5.91 Å². The molecule has 0 atom stereocenters. The number of rotatable bonds is 4. The van der Waals surface area contributed by atoms with Crippen LogP contribution in [0.5, 0.6) is 0 Å². The van der Waals surface area contributed by atoms with Crippen LogP contribution in [0.4, 0.5) is 10.5 Å². The standard InChI is InChI=1S/C11H11Br2NO3/c12-7-1-2-10(15)14(11(16)17)9-5-3-8(13)4-6-9/h3-6H,1-2,7H2,(H,16,17). The van der Waals surface area contributed by atoms with Gasteiger partial charge in [-0.1, -0.05) is 31.9 Å². The predicted molar refractivity (Wildman–Crippen MR) is 72.7 cm³/mol. The lowest BCUT2D eigenvalue weighted by Crippen LogP contribution is -2.35. The minimum absolute atomic E-state index is 0.202. The molecule has 0 saturated heterocycles. The van der Waals surface area contributed by atoms with E-state index in [4.69, 9.17) is 5.11 Å². The maximum absolute atomic E-state index is 11.7. The number of carbonyl (C=O) groups is 2. The van der Waals surface area contributed by atoms with E-state index < -0.39 is 12.0 Å². The minimum atomic E-state index is -1.26. The van der Waals surface area contributed by atoms with Crippen molar-refractivity contribution in [3.05, 3.63) is 28.7 Å². The smallest absolute Gasteiger partial charge is 0.418 e. The van der Waals surface area contributed by atoms with E-state index in [-0.39, 0.29) is 6.42 Å². The van der Waals surface area contributed by atoms with Crippen LogP contribution in [0.2, 0.25) is 0 Å². The second kappa shape index (κ2) is 6.76. The fourth-order valence-electron chi connectivity index (χ4n) is 1.28. The van der Waals surface area contributed by atoms with E-state index in [1.807, 2.05) is 0 Å². The van der Waals surface area contributed by atoms with Crippen LogP contribution in [0, 0.1) is 0 Å². The Labute approximate surface area is 116 Å². The number of halogens is 2. The SMILES string of the molecule is O=C(O)N(C(=O)CCCBr)c1ccc(Br)cc1. The Morgan fingerprint density at radius 1 is 1.24 bits per heavy atom. The molecule has 17 heavy (non-hydrogen) atoms. The van der Waals surface area contributed by atoms with Gasteiger partial charge in [-0.15, -0.1) is 0 Å². The van der Waals surface area contributed by atoms with Crippen LogP contribution in [-0.4, -0.2) is 22.4 Å². The van der Waals surface area contributed by atoms with Crippen LogP contribution in [0.25, 0.3) is 0 Å². The molecule has 0 bridgehead atoms. The summed E-state index contributed by atoms with van der Waals surface area (Å²) < 4.78 is 0.833. The van der Waals surface area contributed by atoms with E-state index in [0.717, 1.165) is 9.37 Å². The molecule has 0 unspecified atom stereocenters. The summed E-state index contributed by atoms with van der Waals surface area (Å²) in [6.45, 7) is 0. The van der Waals surface area contributed by atoms with Crippen LogP contribution >= 0.6 is 31.9 Å². The Balaban J connectivity index is 2.89. The average Bonchev–Trinajstić information content (AvgIpc) is 2.29. The summed E-state index contributed by atoms with van der Waals surface area (Å²) in [5.74, 6) is -0.417. The third kappa shape index (κ3) is 4.12. The van der Waals surface area contributed by atoms with E-state index in [9.17, 15) is 9.59 Å². The number of nitrogens with zero attached hydrogens (tertiary/aromatic N) is 1. The predicted octanol–water partition coefficient (Wildman–Crippen LogP) is 3.64. The number of hydrogen-bond acceptors (Lipinski definition) is 2. The van der Waals surface area contributed by atoms with Crippen molar-refractivity contribution in [1.29, 1.82) is 0 Å². The molecule has 2 amide bonds. The zero-order chi connectivity index (χ0) is 12.8. The molecule has 0 aliphatic heterocycles. The van der Waals surface area contributed by atoms with E-state index in [0.29, 0.717) is 17.4 Å². The maximum Gasteiger partial charge on any atom is 0.418 e. The number of alkyl halides is 1. The molecule has 0 heterocycles. The lowest BCUT2D eigenvalue weighted by molar-refractivity contribution is -0.118. The normalized spacial score (nSPS) is 10.0. The van der Waals surface area contributed by atoms with Crippen LogP contribution < -0.4 is 4.90 Å². The highest BCUT2D eigenvalue weighted by atomic mass is 79.9. The fourth-order valence-corrected chi connectivity index (χ4v) is 1.83. The van der Waals surface area contributed by atoms with Crippen molar-refractivity contribution in [2.45, 2.75) is 12.8 Å². The summed E-state index contributed by atoms with van der Waals surface area (Å²) in [6.07, 6.45) is -0.445. The molecule has 0 radical (unpaired) electrons. The largest absolute Gasteiger partial charge is 0.464 e. The number of benzene rings is 1. The number of imide groups is 1. The van der Waals surface area contributed by atoms with Gasteiger partial charge in [-0.2, -0.15) is 0 Å². The van der Waals surface area contributed by atoms with Gasteiger partial charge in [0.25, 0.3) is 0 Å². The molecule has 0 fully saturated rings. The minimum Gasteiger partial charge on any atom is -0.464 e. The van der Waals surface area contributed by atoms with Gasteiger partial charge < -0.3 is 5.11 Å². The molecule has 0 saturated carbocycles. The monoisotopic (exact) mass is 363 g/mol. The molecule has 1 N–H and O–H groups in total. The third-order valence-corrected chi connectivity index (χ3v) is 3.14. The third-order valence-electron chi connectivity index (χ3n) is 2.05. The summed E-state index contributed by atoms with van der Waals surface area (Å²) in [6, 6.07) is 6.57. The van der Waals surface area contributed by atoms with E-state index in [1.54, 1.807) is 24.3 Å². The van der Waals surface area contributed by atoms with Crippen molar-refractivity contribution in [3.63, 3.8) is 0 Å². The van der Waals surface area contributed by atoms with Crippen molar-refractivity contribution >= 4 is 49.5 Å². The molecule has 4 nitrogen and oxygen atoms in total. The molecule has 1 aromatic carbocycles. The number of carbonyl (C=O) groups excluding carboxylic acids is 1. The molecular weight excluding hydrogens is 354 g/mol. The zero-order valence-corrected chi connectivity index (χ0v) is 12.1. The van der Waals surface area contributed by atoms with Gasteiger partial charge in [0.15, 0.2) is 0 Å². The first kappa shape index (κ1) is 14.2. The first-order valence-electron chi connectivity index (χ1n) is 4.93. The molecule has 0 aromatic heterocycles. The van der Waals surface area contributed by atoms with Crippen LogP contribution in [0.1, 0.15) is 12.8 Å². The quantitative estimate of drug-likeness (QED) is 0.830. The Hall–Kier alpha value is -0.880. The van der Waals surface area contributed by atoms with E-state index in [2.05, 4.69) is 31.9 Å². The fraction of sp³-hybridized carbons (Fsp3) is 0.273. The molecular formula is C11H11Br2NO3. The van der Waals surface area contributed by atoms with E-state index >= 15 is 0 Å². The summed E-state index contributed by atoms with van der Waals surface area (Å²) >= 11 is 6.46. The summed E-state index contributed by atoms with van der Waals surface area (Å²) in [5.41, 5.74) is 0.361. The van der Waals surface area contributed by atoms with Gasteiger partial charge in [-0.3, -0.25) is 4.79 Å². The zero-order valence-electron chi connectivity index (χ0n) is 8.90. The van der Waals surface area contributed by atoms with Crippen LogP contribution in [-0.2, 0) is 4.79 Å². The Bertz CT molecular complexity index is 406. The number of carboxylic acid groups (broad SMARTS) is 1. The lowest BCUT2D eigenvalue weighted by Gasteiger charge is -2.17. The van der Waals surface area contributed by atoms with Gasteiger partial charge in [0.1, 0.15) is 0 Å². The van der Waals surface area contributed by atoms with Crippen molar-refractivity contribution in [3.8, 4) is 0 Å². The van der Waals surface area contributed by atoms with Crippen molar-refractivity contribution < 1.29 is 14.7 Å². The first-order chi connectivity index (χ1) is 8.06. The van der Waals surface area contributed by atoms with E-state index in [1.165, 1.54) is 0 Å². The van der Waals surface area contributed by atoms with Crippen molar-refractivity contribution in [2.24, 2.45) is 0 Å². The molecule has 0 aliphatic rings. The van der Waals surface area contributed by atoms with Gasteiger partial charge in [0, 0.05) is 16.2 Å². The molecule has 1 rings (SSSR count). The summed E-state index contributed by atoms with van der Waals surface area (Å²) in [5, 5.41) is 9.72. The van der Waals surface area contributed by atoms with Gasteiger partial charge in [0.05, 0.1) is 5.69 Å². The molecule has 92 valence electrons. The van der Waals surface area contributed by atoms with Crippen LogP contribution in [0.15, 0.2) is 28.7 Å². The molecule has 1 aromatic rings. The Kier molecular flexibility index (Phi) is 5.64. The average molecular weight is 365 g/mol. The molecule has 0 aliphatic carbocycles. The first-order valence-corrected chi connectivity index (χ1v) is 6.85. The van der Waals surface area contributed by atoms with Crippen molar-refractivity contribution in [2.75, 3.05) is 10.2 Å². The second-order valence-electron chi connectivity index (χ2n) is 3.28.